The first kappa shape index (κ1) is 13.2. The summed E-state index contributed by atoms with van der Waals surface area (Å²) in [5.41, 5.74) is 0. The molecule has 6 heteroatoms. The fourth-order valence-corrected chi connectivity index (χ4v) is 1.76. The van der Waals surface area contributed by atoms with Gasteiger partial charge in [-0.05, 0) is 12.1 Å². The zero-order valence-corrected chi connectivity index (χ0v) is 10.5. The number of carboxylic acids is 1. The van der Waals surface area contributed by atoms with E-state index in [4.69, 9.17) is 14.6 Å². The zero-order chi connectivity index (χ0) is 13.8. The number of fused-ring (bicyclic) bond motifs is 1. The summed E-state index contributed by atoms with van der Waals surface area (Å²) in [6, 6.07) is 7.11. The third-order valence-electron chi connectivity index (χ3n) is 2.82. The molecule has 0 saturated carbocycles. The quantitative estimate of drug-likeness (QED) is 0.869. The maximum Gasteiger partial charge on any atom is 0.305 e. The Balaban J connectivity index is 1.96. The molecule has 1 aliphatic heterocycles. The number of ether oxygens (including phenoxy) is 2. The van der Waals surface area contributed by atoms with Gasteiger partial charge in [-0.2, -0.15) is 0 Å². The number of carboxylic acid groups (broad SMARTS) is 1. The second-order valence-corrected chi connectivity index (χ2v) is 4.27. The lowest BCUT2D eigenvalue weighted by Gasteiger charge is -2.28. The number of para-hydroxylation sites is 2. The molecule has 0 radical (unpaired) electrons. The average Bonchev–Trinajstić information content (AvgIpc) is 2.43. The van der Waals surface area contributed by atoms with Gasteiger partial charge in [-0.3, -0.25) is 9.59 Å². The second kappa shape index (κ2) is 5.60. The SMILES string of the molecule is CN(CCC(=O)O)C(=O)C1COc2ccccc2O1. The summed E-state index contributed by atoms with van der Waals surface area (Å²) < 4.78 is 11.0. The van der Waals surface area contributed by atoms with E-state index in [2.05, 4.69) is 0 Å². The number of rotatable bonds is 4. The van der Waals surface area contributed by atoms with Crippen LogP contribution >= 0.6 is 0 Å². The molecule has 0 spiro atoms. The number of carbonyl (C=O) groups excluding carboxylic acids is 1. The molecule has 1 heterocycles. The Morgan fingerprint density at radius 1 is 1.37 bits per heavy atom. The van der Waals surface area contributed by atoms with E-state index in [-0.39, 0.29) is 25.5 Å². The number of nitrogens with zero attached hydrogens (tertiary/aromatic N) is 1. The molecular formula is C13H15NO5. The van der Waals surface area contributed by atoms with Gasteiger partial charge in [-0.15, -0.1) is 0 Å². The van der Waals surface area contributed by atoms with Crippen LogP contribution in [0.4, 0.5) is 0 Å². The van der Waals surface area contributed by atoms with Crippen LogP contribution in [0.2, 0.25) is 0 Å². The molecule has 2 rings (SSSR count). The number of benzene rings is 1. The highest BCUT2D eigenvalue weighted by molar-refractivity contribution is 5.82. The number of likely N-dealkylation sites (N-methyl/N-ethyl adjacent to an activating group) is 1. The van der Waals surface area contributed by atoms with E-state index in [0.29, 0.717) is 11.5 Å². The summed E-state index contributed by atoms with van der Waals surface area (Å²) >= 11 is 0. The van der Waals surface area contributed by atoms with Gasteiger partial charge in [-0.25, -0.2) is 0 Å². The van der Waals surface area contributed by atoms with Gasteiger partial charge >= 0.3 is 5.97 Å². The Labute approximate surface area is 110 Å². The first-order chi connectivity index (χ1) is 9.08. The number of carbonyl (C=O) groups is 2. The number of amides is 1. The van der Waals surface area contributed by atoms with Crippen molar-refractivity contribution in [3.63, 3.8) is 0 Å². The molecule has 1 aromatic carbocycles. The summed E-state index contributed by atoms with van der Waals surface area (Å²) in [5, 5.41) is 8.59. The molecule has 1 aromatic rings. The van der Waals surface area contributed by atoms with E-state index in [0.717, 1.165) is 0 Å². The lowest BCUT2D eigenvalue weighted by Crippen LogP contribution is -2.45. The van der Waals surface area contributed by atoms with Gasteiger partial charge in [0.25, 0.3) is 5.91 Å². The topological polar surface area (TPSA) is 76.1 Å². The van der Waals surface area contributed by atoms with Crippen molar-refractivity contribution >= 4 is 11.9 Å². The molecule has 1 atom stereocenters. The van der Waals surface area contributed by atoms with Crippen LogP contribution in [-0.4, -0.2) is 48.2 Å². The van der Waals surface area contributed by atoms with Gasteiger partial charge in [0.1, 0.15) is 6.61 Å². The van der Waals surface area contributed by atoms with Crippen LogP contribution < -0.4 is 9.47 Å². The van der Waals surface area contributed by atoms with Gasteiger partial charge < -0.3 is 19.5 Å². The Bertz CT molecular complexity index is 488. The smallest absolute Gasteiger partial charge is 0.305 e. The molecule has 0 aromatic heterocycles. The highest BCUT2D eigenvalue weighted by atomic mass is 16.6. The maximum atomic E-state index is 12.0. The summed E-state index contributed by atoms with van der Waals surface area (Å²) in [6.07, 6.45) is -0.819. The monoisotopic (exact) mass is 265 g/mol. The molecule has 6 nitrogen and oxygen atoms in total. The molecule has 0 saturated heterocycles. The predicted molar refractivity (Wildman–Crippen MR) is 66.2 cm³/mol. The number of aliphatic carboxylic acids is 1. The van der Waals surface area contributed by atoms with Crippen molar-refractivity contribution in [3.8, 4) is 11.5 Å². The highest BCUT2D eigenvalue weighted by Gasteiger charge is 2.29. The summed E-state index contributed by atoms with van der Waals surface area (Å²) in [4.78, 5) is 23.9. The van der Waals surface area contributed by atoms with Gasteiger partial charge in [-0.1, -0.05) is 12.1 Å². The Hall–Kier alpha value is -2.24. The van der Waals surface area contributed by atoms with Crippen molar-refractivity contribution in [2.24, 2.45) is 0 Å². The Kier molecular flexibility index (Phi) is 3.89. The highest BCUT2D eigenvalue weighted by Crippen LogP contribution is 2.31. The van der Waals surface area contributed by atoms with Crippen LogP contribution in [-0.2, 0) is 9.59 Å². The normalized spacial score (nSPS) is 16.8. The van der Waals surface area contributed by atoms with E-state index in [9.17, 15) is 9.59 Å². The summed E-state index contributed by atoms with van der Waals surface area (Å²) in [6.45, 7) is 0.281. The van der Waals surface area contributed by atoms with Crippen LogP contribution in [0, 0.1) is 0 Å². The Morgan fingerprint density at radius 2 is 2.05 bits per heavy atom. The fraction of sp³-hybridized carbons (Fsp3) is 0.385. The number of hydrogen-bond donors (Lipinski definition) is 1. The van der Waals surface area contributed by atoms with Crippen LogP contribution in [0.15, 0.2) is 24.3 Å². The van der Waals surface area contributed by atoms with Gasteiger partial charge in [0.15, 0.2) is 11.5 Å². The first-order valence-corrected chi connectivity index (χ1v) is 5.93. The molecule has 19 heavy (non-hydrogen) atoms. The van der Waals surface area contributed by atoms with E-state index >= 15 is 0 Å². The van der Waals surface area contributed by atoms with Crippen LogP contribution in [0.5, 0.6) is 11.5 Å². The Morgan fingerprint density at radius 3 is 2.74 bits per heavy atom. The van der Waals surface area contributed by atoms with Crippen molar-refractivity contribution in [3.05, 3.63) is 24.3 Å². The van der Waals surface area contributed by atoms with Crippen molar-refractivity contribution < 1.29 is 24.2 Å². The summed E-state index contributed by atoms with van der Waals surface area (Å²) in [5.74, 6) is -0.0833. The molecule has 1 amide bonds. The van der Waals surface area contributed by atoms with Crippen LogP contribution in [0.25, 0.3) is 0 Å². The predicted octanol–water partition coefficient (Wildman–Crippen LogP) is 0.759. The second-order valence-electron chi connectivity index (χ2n) is 4.27. The summed E-state index contributed by atoms with van der Waals surface area (Å²) in [7, 11) is 1.55. The number of hydrogen-bond acceptors (Lipinski definition) is 4. The van der Waals surface area contributed by atoms with Gasteiger partial charge in [0.2, 0.25) is 6.10 Å². The average molecular weight is 265 g/mol. The van der Waals surface area contributed by atoms with Gasteiger partial charge in [0, 0.05) is 13.6 Å². The molecule has 0 aliphatic carbocycles. The van der Waals surface area contributed by atoms with Crippen molar-refractivity contribution in [2.75, 3.05) is 20.2 Å². The molecule has 1 aliphatic rings. The minimum atomic E-state index is -0.939. The molecule has 0 bridgehead atoms. The molecule has 0 fully saturated rings. The van der Waals surface area contributed by atoms with E-state index in [1.165, 1.54) is 4.90 Å². The van der Waals surface area contributed by atoms with Gasteiger partial charge in [0.05, 0.1) is 6.42 Å². The lowest BCUT2D eigenvalue weighted by atomic mass is 10.2. The fourth-order valence-electron chi connectivity index (χ4n) is 1.76. The minimum absolute atomic E-state index is 0.0909. The van der Waals surface area contributed by atoms with E-state index < -0.39 is 12.1 Å². The molecule has 1 N–H and O–H groups in total. The first-order valence-electron chi connectivity index (χ1n) is 5.93. The lowest BCUT2D eigenvalue weighted by molar-refractivity contribution is -0.141. The standard InChI is InChI=1S/C13H15NO5/c1-14(7-6-12(15)16)13(17)11-8-18-9-4-2-3-5-10(9)19-11/h2-5,11H,6-8H2,1H3,(H,15,16). The largest absolute Gasteiger partial charge is 0.485 e. The minimum Gasteiger partial charge on any atom is -0.485 e. The third-order valence-corrected chi connectivity index (χ3v) is 2.82. The maximum absolute atomic E-state index is 12.0. The molecule has 1 unspecified atom stereocenters. The van der Waals surface area contributed by atoms with Crippen LogP contribution in [0.1, 0.15) is 6.42 Å². The molecular weight excluding hydrogens is 250 g/mol. The van der Waals surface area contributed by atoms with Crippen molar-refractivity contribution in [2.45, 2.75) is 12.5 Å². The zero-order valence-electron chi connectivity index (χ0n) is 10.5. The van der Waals surface area contributed by atoms with E-state index in [1.54, 1.807) is 25.2 Å². The van der Waals surface area contributed by atoms with Crippen molar-refractivity contribution in [1.82, 2.24) is 4.90 Å². The molecule has 102 valence electrons. The van der Waals surface area contributed by atoms with Crippen molar-refractivity contribution in [1.29, 1.82) is 0 Å². The third kappa shape index (κ3) is 3.15. The van der Waals surface area contributed by atoms with Crippen LogP contribution in [0.3, 0.4) is 0 Å². The van der Waals surface area contributed by atoms with E-state index in [1.807, 2.05) is 6.07 Å².